The van der Waals surface area contributed by atoms with Crippen LogP contribution in [0.15, 0.2) is 24.3 Å². The van der Waals surface area contributed by atoms with Gasteiger partial charge in [-0.2, -0.15) is 0 Å². The Bertz CT molecular complexity index is 538. The Morgan fingerprint density at radius 2 is 1.95 bits per heavy atom. The van der Waals surface area contributed by atoms with Gasteiger partial charge in [-0.3, -0.25) is 14.5 Å². The molecule has 108 valence electrons. The molecule has 0 fully saturated rings. The highest BCUT2D eigenvalue weighted by atomic mass is 16.3. The first kappa shape index (κ1) is 14.7. The SMILES string of the molecule is CN(C)CC(C)(O)CN1C(=O)Cc2ccccc2C1=O. The second kappa shape index (κ2) is 5.34. The monoisotopic (exact) mass is 276 g/mol. The molecule has 1 atom stereocenters. The van der Waals surface area contributed by atoms with Crippen LogP contribution in [0.2, 0.25) is 0 Å². The molecule has 1 aromatic carbocycles. The predicted molar refractivity (Wildman–Crippen MR) is 75.4 cm³/mol. The number of hydrogen-bond donors (Lipinski definition) is 1. The maximum Gasteiger partial charge on any atom is 0.260 e. The van der Waals surface area contributed by atoms with E-state index in [1.54, 1.807) is 25.1 Å². The summed E-state index contributed by atoms with van der Waals surface area (Å²) in [4.78, 5) is 27.5. The van der Waals surface area contributed by atoms with E-state index in [4.69, 9.17) is 0 Å². The third-order valence-corrected chi connectivity index (χ3v) is 3.29. The Hall–Kier alpha value is -1.72. The van der Waals surface area contributed by atoms with Crippen molar-refractivity contribution in [3.63, 3.8) is 0 Å². The molecule has 0 spiro atoms. The van der Waals surface area contributed by atoms with Gasteiger partial charge in [0.25, 0.3) is 5.91 Å². The lowest BCUT2D eigenvalue weighted by Crippen LogP contribution is -2.53. The van der Waals surface area contributed by atoms with Crippen LogP contribution in [0, 0.1) is 0 Å². The summed E-state index contributed by atoms with van der Waals surface area (Å²) >= 11 is 0. The molecule has 1 aromatic rings. The van der Waals surface area contributed by atoms with Crippen LogP contribution < -0.4 is 0 Å². The minimum atomic E-state index is -1.12. The molecule has 20 heavy (non-hydrogen) atoms. The van der Waals surface area contributed by atoms with Crippen LogP contribution in [0.1, 0.15) is 22.8 Å². The quantitative estimate of drug-likeness (QED) is 0.815. The molecular weight excluding hydrogens is 256 g/mol. The van der Waals surface area contributed by atoms with E-state index in [1.165, 1.54) is 0 Å². The van der Waals surface area contributed by atoms with E-state index in [2.05, 4.69) is 0 Å². The summed E-state index contributed by atoms with van der Waals surface area (Å²) in [5, 5.41) is 10.3. The summed E-state index contributed by atoms with van der Waals surface area (Å²) in [6.45, 7) is 2.02. The van der Waals surface area contributed by atoms with Crippen LogP contribution in [0.3, 0.4) is 0 Å². The van der Waals surface area contributed by atoms with Gasteiger partial charge in [0, 0.05) is 12.1 Å². The van der Waals surface area contributed by atoms with Gasteiger partial charge in [0.2, 0.25) is 5.91 Å². The first-order chi connectivity index (χ1) is 9.30. The minimum absolute atomic E-state index is 0.0111. The van der Waals surface area contributed by atoms with Gasteiger partial charge in [-0.05, 0) is 32.6 Å². The van der Waals surface area contributed by atoms with Crippen molar-refractivity contribution in [2.24, 2.45) is 0 Å². The number of amides is 2. The first-order valence-electron chi connectivity index (χ1n) is 6.60. The molecule has 0 saturated heterocycles. The maximum atomic E-state index is 12.4. The number of imide groups is 1. The van der Waals surface area contributed by atoms with Crippen LogP contribution in [0.25, 0.3) is 0 Å². The van der Waals surface area contributed by atoms with Crippen molar-refractivity contribution in [2.75, 3.05) is 27.2 Å². The molecule has 1 N–H and O–H groups in total. The van der Waals surface area contributed by atoms with Gasteiger partial charge in [0.05, 0.1) is 18.6 Å². The number of hydrogen-bond acceptors (Lipinski definition) is 4. The van der Waals surface area contributed by atoms with Gasteiger partial charge in [-0.15, -0.1) is 0 Å². The van der Waals surface area contributed by atoms with Crippen molar-refractivity contribution in [1.82, 2.24) is 9.80 Å². The summed E-state index contributed by atoms with van der Waals surface area (Å²) in [6.07, 6.45) is 0.208. The van der Waals surface area contributed by atoms with Crippen LogP contribution in [-0.2, 0) is 11.2 Å². The fraction of sp³-hybridized carbons (Fsp3) is 0.467. The van der Waals surface area contributed by atoms with E-state index in [0.717, 1.165) is 10.5 Å². The lowest BCUT2D eigenvalue weighted by Gasteiger charge is -2.34. The third-order valence-electron chi connectivity index (χ3n) is 3.29. The van der Waals surface area contributed by atoms with Crippen molar-refractivity contribution in [3.8, 4) is 0 Å². The summed E-state index contributed by atoms with van der Waals surface area (Å²) in [7, 11) is 3.67. The molecule has 0 aliphatic carbocycles. The van der Waals surface area contributed by atoms with Crippen molar-refractivity contribution < 1.29 is 14.7 Å². The zero-order valence-corrected chi connectivity index (χ0v) is 12.1. The highest BCUT2D eigenvalue weighted by Crippen LogP contribution is 2.21. The van der Waals surface area contributed by atoms with Gasteiger partial charge in [0.15, 0.2) is 0 Å². The second-order valence-electron chi connectivity index (χ2n) is 5.85. The molecular formula is C15H20N2O3. The molecule has 0 aromatic heterocycles. The Morgan fingerprint density at radius 3 is 2.60 bits per heavy atom. The van der Waals surface area contributed by atoms with E-state index in [1.807, 2.05) is 25.1 Å². The van der Waals surface area contributed by atoms with E-state index in [9.17, 15) is 14.7 Å². The lowest BCUT2D eigenvalue weighted by atomic mass is 9.96. The standard InChI is InChI=1S/C15H20N2O3/c1-15(20,9-16(2)3)10-17-13(18)8-11-6-4-5-7-12(11)14(17)19/h4-7,20H,8-10H2,1-3H3. The molecule has 0 radical (unpaired) electrons. The molecule has 5 nitrogen and oxygen atoms in total. The van der Waals surface area contributed by atoms with Crippen LogP contribution in [0.4, 0.5) is 0 Å². The molecule has 5 heteroatoms. The Morgan fingerprint density at radius 1 is 1.30 bits per heavy atom. The maximum absolute atomic E-state index is 12.4. The second-order valence-corrected chi connectivity index (χ2v) is 5.85. The number of nitrogens with zero attached hydrogens (tertiary/aromatic N) is 2. The van der Waals surface area contributed by atoms with Crippen LogP contribution >= 0.6 is 0 Å². The molecule has 1 heterocycles. The average molecular weight is 276 g/mol. The van der Waals surface area contributed by atoms with Crippen molar-refractivity contribution in [2.45, 2.75) is 18.9 Å². The van der Waals surface area contributed by atoms with Crippen LogP contribution in [0.5, 0.6) is 0 Å². The predicted octanol–water partition coefficient (Wildman–Crippen LogP) is 0.524. The smallest absolute Gasteiger partial charge is 0.260 e. The summed E-state index contributed by atoms with van der Waals surface area (Å²) < 4.78 is 0. The highest BCUT2D eigenvalue weighted by molar-refractivity contribution is 6.09. The molecule has 1 aliphatic rings. The number of rotatable bonds is 4. The van der Waals surface area contributed by atoms with Crippen molar-refractivity contribution >= 4 is 11.8 Å². The largest absolute Gasteiger partial charge is 0.387 e. The van der Waals surface area contributed by atoms with E-state index in [-0.39, 0.29) is 24.8 Å². The number of benzene rings is 1. The molecule has 0 saturated carbocycles. The van der Waals surface area contributed by atoms with Crippen molar-refractivity contribution in [3.05, 3.63) is 35.4 Å². The van der Waals surface area contributed by atoms with Gasteiger partial charge in [0.1, 0.15) is 0 Å². The third kappa shape index (κ3) is 3.05. The molecule has 1 aliphatic heterocycles. The van der Waals surface area contributed by atoms with Crippen molar-refractivity contribution in [1.29, 1.82) is 0 Å². The molecule has 1 unspecified atom stereocenters. The fourth-order valence-corrected chi connectivity index (χ4v) is 2.63. The molecule has 0 bridgehead atoms. The summed E-state index contributed by atoms with van der Waals surface area (Å²) in [5.74, 6) is -0.580. The highest BCUT2D eigenvalue weighted by Gasteiger charge is 2.35. The lowest BCUT2D eigenvalue weighted by molar-refractivity contribution is -0.131. The summed E-state index contributed by atoms with van der Waals surface area (Å²) in [5.41, 5.74) is 0.180. The van der Waals surface area contributed by atoms with Gasteiger partial charge in [-0.25, -0.2) is 0 Å². The minimum Gasteiger partial charge on any atom is -0.387 e. The van der Waals surface area contributed by atoms with Gasteiger partial charge >= 0.3 is 0 Å². The number of aliphatic hydroxyl groups is 1. The normalized spacial score (nSPS) is 18.1. The zero-order chi connectivity index (χ0) is 14.9. The number of likely N-dealkylation sites (N-methyl/N-ethyl adjacent to an activating group) is 1. The first-order valence-corrected chi connectivity index (χ1v) is 6.60. The number of fused-ring (bicyclic) bond motifs is 1. The van der Waals surface area contributed by atoms with E-state index in [0.29, 0.717) is 12.1 Å². The molecule has 2 amide bonds. The zero-order valence-electron chi connectivity index (χ0n) is 12.1. The number of carbonyl (C=O) groups excluding carboxylic acids is 2. The number of carbonyl (C=O) groups is 2. The van der Waals surface area contributed by atoms with Gasteiger partial charge < -0.3 is 10.0 Å². The molecule has 2 rings (SSSR count). The number of β-amino-alcohol motifs (C(OH)–C–C–N with tert-alkyl or cyclic N) is 1. The Labute approximate surface area is 118 Å². The summed E-state index contributed by atoms with van der Waals surface area (Å²) in [6, 6.07) is 7.11. The Kier molecular flexibility index (Phi) is 3.92. The van der Waals surface area contributed by atoms with E-state index >= 15 is 0 Å². The topological polar surface area (TPSA) is 60.9 Å². The van der Waals surface area contributed by atoms with Crippen LogP contribution in [-0.4, -0.2) is 59.5 Å². The van der Waals surface area contributed by atoms with E-state index < -0.39 is 5.60 Å². The fourth-order valence-electron chi connectivity index (χ4n) is 2.63. The van der Waals surface area contributed by atoms with Gasteiger partial charge in [-0.1, -0.05) is 18.2 Å². The average Bonchev–Trinajstić information content (AvgIpc) is 2.33. The Balaban J connectivity index is 2.22.